The summed E-state index contributed by atoms with van der Waals surface area (Å²) in [5, 5.41) is 8.74. The summed E-state index contributed by atoms with van der Waals surface area (Å²) < 4.78 is 22.7. The van der Waals surface area contributed by atoms with E-state index in [9.17, 15) is 8.42 Å². The standard InChI is InChI=1S/C6H12N4O2S/c7-3-6-4-9-10(5-6)1-2-13(8,11)12/h4-5H,1-3,7H2,(H2,8,11,12). The van der Waals surface area contributed by atoms with Crippen molar-refractivity contribution in [3.05, 3.63) is 18.0 Å². The maximum absolute atomic E-state index is 10.6. The number of nitrogens with two attached hydrogens (primary N) is 2. The minimum absolute atomic E-state index is 0.112. The molecule has 13 heavy (non-hydrogen) atoms. The van der Waals surface area contributed by atoms with Crippen molar-refractivity contribution < 1.29 is 8.42 Å². The molecule has 0 bridgehead atoms. The predicted molar refractivity (Wildman–Crippen MR) is 48.1 cm³/mol. The van der Waals surface area contributed by atoms with E-state index in [4.69, 9.17) is 10.9 Å². The summed E-state index contributed by atoms with van der Waals surface area (Å²) in [6.07, 6.45) is 3.30. The number of rotatable bonds is 4. The fraction of sp³-hybridized carbons (Fsp3) is 0.500. The predicted octanol–water partition coefficient (Wildman–Crippen LogP) is -1.37. The van der Waals surface area contributed by atoms with Gasteiger partial charge in [-0.25, -0.2) is 13.6 Å². The third-order valence-corrected chi connectivity index (χ3v) is 2.28. The van der Waals surface area contributed by atoms with Crippen LogP contribution in [0.2, 0.25) is 0 Å². The van der Waals surface area contributed by atoms with E-state index in [2.05, 4.69) is 5.10 Å². The first kappa shape index (κ1) is 10.2. The smallest absolute Gasteiger partial charge is 0.210 e. The quantitative estimate of drug-likeness (QED) is 0.631. The van der Waals surface area contributed by atoms with E-state index in [1.54, 1.807) is 12.4 Å². The van der Waals surface area contributed by atoms with Gasteiger partial charge >= 0.3 is 0 Å². The van der Waals surface area contributed by atoms with Crippen molar-refractivity contribution in [2.75, 3.05) is 5.75 Å². The van der Waals surface area contributed by atoms with E-state index in [0.29, 0.717) is 6.54 Å². The fourth-order valence-electron chi connectivity index (χ4n) is 0.855. The highest BCUT2D eigenvalue weighted by Crippen LogP contribution is 1.95. The molecule has 0 fully saturated rings. The zero-order chi connectivity index (χ0) is 9.90. The summed E-state index contributed by atoms with van der Waals surface area (Å²) in [6.45, 7) is 0.661. The zero-order valence-electron chi connectivity index (χ0n) is 7.05. The molecule has 0 aliphatic heterocycles. The molecule has 0 amide bonds. The van der Waals surface area contributed by atoms with Crippen LogP contribution in [0.25, 0.3) is 0 Å². The second kappa shape index (κ2) is 3.86. The minimum Gasteiger partial charge on any atom is -0.326 e. The largest absolute Gasteiger partial charge is 0.326 e. The Bertz CT molecular complexity index is 370. The molecule has 74 valence electrons. The maximum atomic E-state index is 10.6. The molecular formula is C6H12N4O2S. The van der Waals surface area contributed by atoms with Gasteiger partial charge in [-0.05, 0) is 0 Å². The van der Waals surface area contributed by atoms with Gasteiger partial charge in [0.05, 0.1) is 18.5 Å². The van der Waals surface area contributed by atoms with Gasteiger partial charge in [0.25, 0.3) is 0 Å². The lowest BCUT2D eigenvalue weighted by molar-refractivity contribution is 0.582. The Morgan fingerprint density at radius 2 is 2.23 bits per heavy atom. The van der Waals surface area contributed by atoms with E-state index in [-0.39, 0.29) is 12.3 Å². The average Bonchev–Trinajstić information content (AvgIpc) is 2.47. The molecule has 1 rings (SSSR count). The van der Waals surface area contributed by atoms with E-state index < -0.39 is 10.0 Å². The molecule has 0 spiro atoms. The van der Waals surface area contributed by atoms with Crippen LogP contribution in [-0.2, 0) is 23.1 Å². The van der Waals surface area contributed by atoms with Crippen molar-refractivity contribution in [3.63, 3.8) is 0 Å². The molecule has 0 saturated heterocycles. The lowest BCUT2D eigenvalue weighted by Gasteiger charge is -1.98. The van der Waals surface area contributed by atoms with Crippen molar-refractivity contribution in [1.29, 1.82) is 0 Å². The van der Waals surface area contributed by atoms with Crippen LogP contribution in [0.4, 0.5) is 0 Å². The maximum Gasteiger partial charge on any atom is 0.210 e. The highest BCUT2D eigenvalue weighted by atomic mass is 32.2. The lowest BCUT2D eigenvalue weighted by Crippen LogP contribution is -2.20. The third kappa shape index (κ3) is 3.53. The number of nitrogens with zero attached hydrogens (tertiary/aromatic N) is 2. The highest BCUT2D eigenvalue weighted by Gasteiger charge is 2.03. The van der Waals surface area contributed by atoms with Crippen LogP contribution in [0.15, 0.2) is 12.4 Å². The Hall–Kier alpha value is -0.920. The Labute approximate surface area is 76.6 Å². The van der Waals surface area contributed by atoms with Crippen molar-refractivity contribution in [2.45, 2.75) is 13.1 Å². The molecule has 0 aliphatic rings. The van der Waals surface area contributed by atoms with Crippen molar-refractivity contribution in [2.24, 2.45) is 10.9 Å². The Kier molecular flexibility index (Phi) is 3.02. The lowest BCUT2D eigenvalue weighted by atomic mass is 10.4. The summed E-state index contributed by atoms with van der Waals surface area (Å²) in [7, 11) is -3.41. The first-order valence-corrected chi connectivity index (χ1v) is 5.44. The SMILES string of the molecule is NCc1cnn(CCS(N)(=O)=O)c1. The Balaban J connectivity index is 2.55. The number of hydrogen-bond acceptors (Lipinski definition) is 4. The summed E-state index contributed by atoms with van der Waals surface area (Å²) in [4.78, 5) is 0. The van der Waals surface area contributed by atoms with Gasteiger partial charge in [-0.15, -0.1) is 0 Å². The van der Waals surface area contributed by atoms with Gasteiger partial charge in [0.15, 0.2) is 0 Å². The number of hydrogen-bond donors (Lipinski definition) is 2. The molecule has 0 aliphatic carbocycles. The number of aromatic nitrogens is 2. The molecule has 7 heteroatoms. The van der Waals surface area contributed by atoms with Gasteiger partial charge in [-0.3, -0.25) is 4.68 Å². The van der Waals surface area contributed by atoms with Crippen LogP contribution in [0.1, 0.15) is 5.56 Å². The molecule has 0 radical (unpaired) electrons. The summed E-state index contributed by atoms with van der Waals surface area (Å²) in [5.41, 5.74) is 6.22. The number of aryl methyl sites for hydroxylation is 1. The second-order valence-corrected chi connectivity index (χ2v) is 4.42. The Morgan fingerprint density at radius 1 is 1.54 bits per heavy atom. The van der Waals surface area contributed by atoms with Crippen LogP contribution in [0.3, 0.4) is 0 Å². The summed E-state index contributed by atoms with van der Waals surface area (Å²) in [5.74, 6) is -0.112. The second-order valence-electron chi connectivity index (χ2n) is 2.68. The minimum atomic E-state index is -3.41. The van der Waals surface area contributed by atoms with E-state index in [1.165, 1.54) is 4.68 Å². The number of primary sulfonamides is 1. The van der Waals surface area contributed by atoms with Crippen LogP contribution in [0.5, 0.6) is 0 Å². The molecule has 0 aromatic carbocycles. The third-order valence-electron chi connectivity index (χ3n) is 1.53. The molecule has 0 atom stereocenters. The monoisotopic (exact) mass is 204 g/mol. The van der Waals surface area contributed by atoms with Crippen LogP contribution in [-0.4, -0.2) is 24.0 Å². The molecule has 1 heterocycles. The average molecular weight is 204 g/mol. The van der Waals surface area contributed by atoms with Crippen molar-refractivity contribution in [3.8, 4) is 0 Å². The van der Waals surface area contributed by atoms with Crippen LogP contribution < -0.4 is 10.9 Å². The van der Waals surface area contributed by atoms with Gasteiger partial charge in [0.2, 0.25) is 10.0 Å². The first-order valence-electron chi connectivity index (χ1n) is 3.73. The Morgan fingerprint density at radius 3 is 2.69 bits per heavy atom. The topological polar surface area (TPSA) is 104 Å². The van der Waals surface area contributed by atoms with Crippen molar-refractivity contribution >= 4 is 10.0 Å². The van der Waals surface area contributed by atoms with E-state index in [1.807, 2.05) is 0 Å². The fourth-order valence-corrected chi connectivity index (χ4v) is 1.30. The van der Waals surface area contributed by atoms with Gasteiger partial charge in [-0.2, -0.15) is 5.10 Å². The highest BCUT2D eigenvalue weighted by molar-refractivity contribution is 7.89. The molecule has 4 N–H and O–H groups in total. The van der Waals surface area contributed by atoms with Gasteiger partial charge < -0.3 is 5.73 Å². The van der Waals surface area contributed by atoms with Gasteiger partial charge in [0, 0.05) is 18.3 Å². The molecular weight excluding hydrogens is 192 g/mol. The number of sulfonamides is 1. The van der Waals surface area contributed by atoms with E-state index in [0.717, 1.165) is 5.56 Å². The molecule has 1 aromatic heterocycles. The van der Waals surface area contributed by atoms with Gasteiger partial charge in [0.1, 0.15) is 0 Å². The van der Waals surface area contributed by atoms with Gasteiger partial charge in [-0.1, -0.05) is 0 Å². The van der Waals surface area contributed by atoms with E-state index >= 15 is 0 Å². The zero-order valence-corrected chi connectivity index (χ0v) is 7.87. The normalized spacial score (nSPS) is 11.8. The molecule has 6 nitrogen and oxygen atoms in total. The molecule has 1 aromatic rings. The van der Waals surface area contributed by atoms with Crippen molar-refractivity contribution in [1.82, 2.24) is 9.78 Å². The summed E-state index contributed by atoms with van der Waals surface area (Å²) in [6, 6.07) is 0. The summed E-state index contributed by atoms with van der Waals surface area (Å²) >= 11 is 0. The van der Waals surface area contributed by atoms with Crippen LogP contribution in [0, 0.1) is 0 Å². The van der Waals surface area contributed by atoms with Crippen LogP contribution >= 0.6 is 0 Å². The first-order chi connectivity index (χ1) is 6.01. The molecule has 0 saturated carbocycles. The molecule has 0 unspecified atom stereocenters.